The highest BCUT2D eigenvalue weighted by atomic mass is 127. The van der Waals surface area contributed by atoms with Crippen molar-refractivity contribution in [2.75, 3.05) is 0 Å². The lowest BCUT2D eigenvalue weighted by atomic mass is 9.90. The van der Waals surface area contributed by atoms with E-state index in [2.05, 4.69) is 29.5 Å². The zero-order chi connectivity index (χ0) is 15.3. The minimum absolute atomic E-state index is 0.0589. The van der Waals surface area contributed by atoms with E-state index in [1.54, 1.807) is 6.08 Å². The van der Waals surface area contributed by atoms with E-state index in [0.29, 0.717) is 12.0 Å². The zero-order valence-electron chi connectivity index (χ0n) is 12.1. The van der Waals surface area contributed by atoms with E-state index in [9.17, 15) is 14.7 Å². The molecular formula is C15H21IO4. The van der Waals surface area contributed by atoms with Gasteiger partial charge in [0.1, 0.15) is 11.9 Å². The van der Waals surface area contributed by atoms with Gasteiger partial charge >= 0.3 is 5.97 Å². The van der Waals surface area contributed by atoms with E-state index in [1.165, 1.54) is 13.0 Å². The van der Waals surface area contributed by atoms with E-state index in [0.717, 1.165) is 19.3 Å². The lowest BCUT2D eigenvalue weighted by molar-refractivity contribution is -0.144. The number of carbonyl (C=O) groups excluding carboxylic acids is 2. The number of Topliss-reactive ketones (excluding diaryl/α,β-unsaturated/α-hetero) is 1. The van der Waals surface area contributed by atoms with Crippen LogP contribution in [0, 0.1) is 0 Å². The van der Waals surface area contributed by atoms with Gasteiger partial charge in [-0.3, -0.25) is 9.59 Å². The minimum Gasteiger partial charge on any atom is -0.507 e. The normalized spacial score (nSPS) is 25.7. The summed E-state index contributed by atoms with van der Waals surface area (Å²) in [6, 6.07) is 0. The zero-order valence-corrected chi connectivity index (χ0v) is 14.3. The monoisotopic (exact) mass is 392 g/mol. The van der Waals surface area contributed by atoms with Gasteiger partial charge in [-0.25, -0.2) is 0 Å². The van der Waals surface area contributed by atoms with Crippen molar-refractivity contribution in [3.05, 3.63) is 23.5 Å². The van der Waals surface area contributed by atoms with Crippen molar-refractivity contribution in [1.82, 2.24) is 0 Å². The summed E-state index contributed by atoms with van der Waals surface area (Å²) >= 11 is 2.13. The Morgan fingerprint density at radius 1 is 1.45 bits per heavy atom. The molecule has 0 aromatic rings. The molecule has 0 aromatic carbocycles. The van der Waals surface area contributed by atoms with Gasteiger partial charge in [-0.05, 0) is 13.3 Å². The summed E-state index contributed by atoms with van der Waals surface area (Å²) in [5, 5.41) is 9.99. The van der Waals surface area contributed by atoms with Crippen LogP contribution in [0.15, 0.2) is 23.5 Å². The molecule has 1 rings (SSSR count). The molecular weight excluding hydrogens is 371 g/mol. The number of ether oxygens (including phenoxy) is 1. The molecule has 0 saturated heterocycles. The van der Waals surface area contributed by atoms with Crippen LogP contribution in [0.4, 0.5) is 0 Å². The number of hydrogen-bond acceptors (Lipinski definition) is 4. The van der Waals surface area contributed by atoms with Crippen molar-refractivity contribution >= 4 is 34.3 Å². The molecule has 0 radical (unpaired) electrons. The first-order valence-corrected chi connectivity index (χ1v) is 7.89. The third kappa shape index (κ3) is 4.61. The Bertz CT molecular complexity index is 449. The number of hydrogen-bond donors (Lipinski definition) is 1. The number of alkyl halides is 1. The molecule has 5 heteroatoms. The fourth-order valence-corrected chi connectivity index (χ4v) is 2.67. The maximum atomic E-state index is 12.1. The van der Waals surface area contributed by atoms with Crippen LogP contribution in [-0.4, -0.2) is 26.4 Å². The summed E-state index contributed by atoms with van der Waals surface area (Å²) < 4.78 is 4.63. The third-order valence-corrected chi connectivity index (χ3v) is 4.09. The molecule has 1 aliphatic carbocycles. The van der Waals surface area contributed by atoms with E-state index >= 15 is 0 Å². The average Bonchev–Trinajstić information content (AvgIpc) is 2.33. The van der Waals surface area contributed by atoms with E-state index in [4.69, 9.17) is 4.74 Å². The van der Waals surface area contributed by atoms with Crippen molar-refractivity contribution in [1.29, 1.82) is 0 Å². The topological polar surface area (TPSA) is 63.6 Å². The van der Waals surface area contributed by atoms with Crippen molar-refractivity contribution in [3.63, 3.8) is 0 Å². The highest BCUT2D eigenvalue weighted by Gasteiger charge is 2.37. The molecule has 0 fully saturated rings. The summed E-state index contributed by atoms with van der Waals surface area (Å²) in [6.45, 7) is 5.27. The Morgan fingerprint density at radius 3 is 2.65 bits per heavy atom. The van der Waals surface area contributed by atoms with Crippen molar-refractivity contribution < 1.29 is 19.4 Å². The van der Waals surface area contributed by atoms with Gasteiger partial charge in [0.15, 0.2) is 5.78 Å². The lowest BCUT2D eigenvalue weighted by Crippen LogP contribution is -2.37. The second kappa shape index (κ2) is 7.24. The first-order chi connectivity index (χ1) is 9.27. The van der Waals surface area contributed by atoms with Crippen molar-refractivity contribution in [2.24, 2.45) is 0 Å². The maximum Gasteiger partial charge on any atom is 0.303 e. The SMILES string of the molecule is CCCCCC(=O)C1=CC(C)(I)C(OC(C)=O)C=C1O. The van der Waals surface area contributed by atoms with Crippen LogP contribution in [0.25, 0.3) is 0 Å². The molecule has 1 aliphatic rings. The molecule has 112 valence electrons. The Balaban J connectivity index is 2.84. The van der Waals surface area contributed by atoms with Gasteiger partial charge < -0.3 is 9.84 Å². The molecule has 0 spiro atoms. The predicted octanol–water partition coefficient (Wildman–Crippen LogP) is 3.64. The second-order valence-corrected chi connectivity index (χ2v) is 7.50. The lowest BCUT2D eigenvalue weighted by Gasteiger charge is -2.31. The smallest absolute Gasteiger partial charge is 0.303 e. The maximum absolute atomic E-state index is 12.1. The van der Waals surface area contributed by atoms with E-state index in [1.807, 2.05) is 6.92 Å². The molecule has 1 N–H and O–H groups in total. The number of rotatable bonds is 6. The Morgan fingerprint density at radius 2 is 2.10 bits per heavy atom. The molecule has 0 amide bonds. The van der Waals surface area contributed by atoms with Gasteiger partial charge in [-0.2, -0.15) is 0 Å². The summed E-state index contributed by atoms with van der Waals surface area (Å²) in [7, 11) is 0. The summed E-state index contributed by atoms with van der Waals surface area (Å²) in [6.07, 6.45) is 5.89. The van der Waals surface area contributed by atoms with Gasteiger partial charge in [0.2, 0.25) is 0 Å². The Kier molecular flexibility index (Phi) is 6.23. The predicted molar refractivity (Wildman–Crippen MR) is 85.9 cm³/mol. The van der Waals surface area contributed by atoms with Gasteiger partial charge in [0.05, 0.1) is 8.99 Å². The fraction of sp³-hybridized carbons (Fsp3) is 0.600. The van der Waals surface area contributed by atoms with Crippen molar-refractivity contribution in [2.45, 2.75) is 56.0 Å². The molecule has 0 heterocycles. The van der Waals surface area contributed by atoms with Crippen LogP contribution in [0.3, 0.4) is 0 Å². The molecule has 2 unspecified atom stereocenters. The standard InChI is InChI=1S/C15H21IO4/c1-4-5-6-7-12(18)11-9-15(3,16)14(8-13(11)19)20-10(2)17/h8-9,14,19H,4-7H2,1-3H3. The van der Waals surface area contributed by atoms with E-state index < -0.39 is 15.5 Å². The highest BCUT2D eigenvalue weighted by molar-refractivity contribution is 14.1. The third-order valence-electron chi connectivity index (χ3n) is 3.17. The number of aliphatic hydroxyl groups is 1. The largest absolute Gasteiger partial charge is 0.507 e. The molecule has 2 atom stereocenters. The van der Waals surface area contributed by atoms with Crippen LogP contribution in [0.1, 0.15) is 46.5 Å². The number of allylic oxidation sites excluding steroid dienone is 1. The van der Waals surface area contributed by atoms with Gasteiger partial charge in [0.25, 0.3) is 0 Å². The molecule has 0 aliphatic heterocycles. The van der Waals surface area contributed by atoms with Gasteiger partial charge in [0, 0.05) is 19.4 Å². The van der Waals surface area contributed by atoms with Crippen LogP contribution < -0.4 is 0 Å². The molecule has 0 aromatic heterocycles. The first-order valence-electron chi connectivity index (χ1n) is 6.81. The first kappa shape index (κ1) is 17.2. The molecule has 20 heavy (non-hydrogen) atoms. The second-order valence-electron chi connectivity index (χ2n) is 5.17. The summed E-state index contributed by atoms with van der Waals surface area (Å²) in [5.41, 5.74) is 0.335. The minimum atomic E-state index is -0.562. The molecule has 0 bridgehead atoms. The van der Waals surface area contributed by atoms with E-state index in [-0.39, 0.29) is 11.5 Å². The van der Waals surface area contributed by atoms with Gasteiger partial charge in [-0.1, -0.05) is 48.4 Å². The number of esters is 1. The Labute approximate surface area is 133 Å². The Hall–Kier alpha value is -0.850. The average molecular weight is 392 g/mol. The molecule has 0 saturated carbocycles. The fourth-order valence-electron chi connectivity index (χ4n) is 2.06. The summed E-state index contributed by atoms with van der Waals surface area (Å²) in [5.74, 6) is -0.559. The van der Waals surface area contributed by atoms with Crippen LogP contribution in [-0.2, 0) is 14.3 Å². The van der Waals surface area contributed by atoms with Crippen molar-refractivity contribution in [3.8, 4) is 0 Å². The number of carbonyl (C=O) groups is 2. The van der Waals surface area contributed by atoms with Gasteiger partial charge in [-0.15, -0.1) is 0 Å². The van der Waals surface area contributed by atoms with Crippen LogP contribution in [0.5, 0.6) is 0 Å². The molecule has 4 nitrogen and oxygen atoms in total. The number of ketones is 1. The quantitative estimate of drug-likeness (QED) is 0.325. The van der Waals surface area contributed by atoms with Crippen LogP contribution in [0.2, 0.25) is 0 Å². The number of halogens is 1. The number of unbranched alkanes of at least 4 members (excludes halogenated alkanes) is 2. The summed E-state index contributed by atoms with van der Waals surface area (Å²) in [4.78, 5) is 23.2. The highest BCUT2D eigenvalue weighted by Crippen LogP contribution is 2.35. The number of aliphatic hydroxyl groups excluding tert-OH is 1. The van der Waals surface area contributed by atoms with Crippen LogP contribution >= 0.6 is 22.6 Å².